The first kappa shape index (κ1) is 19.0. The highest BCUT2D eigenvalue weighted by Crippen LogP contribution is 2.26. The van der Waals surface area contributed by atoms with Crippen LogP contribution in [-0.4, -0.2) is 27.4 Å². The summed E-state index contributed by atoms with van der Waals surface area (Å²) in [6, 6.07) is 23.5. The Morgan fingerprint density at radius 1 is 0.857 bits per heavy atom. The molecular formula is C22H21N3O3. The lowest BCUT2D eigenvalue weighted by atomic mass is 10.2. The van der Waals surface area contributed by atoms with Crippen LogP contribution in [0.15, 0.2) is 84.0 Å². The van der Waals surface area contributed by atoms with E-state index >= 15 is 0 Å². The minimum atomic E-state index is -0.372. The number of aromatic hydroxyl groups is 2. The first-order valence-corrected chi connectivity index (χ1v) is 8.80. The number of carbonyl (C=O) groups is 1. The monoisotopic (exact) mass is 375 g/mol. The number of amides is 2. The Kier molecular flexibility index (Phi) is 6.25. The summed E-state index contributed by atoms with van der Waals surface area (Å²) in [5, 5.41) is 23.2. The summed E-state index contributed by atoms with van der Waals surface area (Å²) in [7, 11) is 0. The number of carbonyl (C=O) groups excluding carboxylic acids is 1. The minimum absolute atomic E-state index is 0.245. The molecule has 2 amide bonds. The lowest BCUT2D eigenvalue weighted by molar-refractivity contribution is 0.193. The van der Waals surface area contributed by atoms with Crippen molar-refractivity contribution in [1.29, 1.82) is 0 Å². The van der Waals surface area contributed by atoms with Crippen LogP contribution in [0.2, 0.25) is 0 Å². The second kappa shape index (κ2) is 9.23. The highest BCUT2D eigenvalue weighted by Gasteiger charge is 2.14. The normalized spacial score (nSPS) is 10.7. The van der Waals surface area contributed by atoms with Gasteiger partial charge in [-0.15, -0.1) is 0 Å². The van der Waals surface area contributed by atoms with Gasteiger partial charge in [0.1, 0.15) is 0 Å². The van der Waals surface area contributed by atoms with E-state index in [1.165, 1.54) is 12.3 Å². The van der Waals surface area contributed by atoms with Crippen molar-refractivity contribution in [3.8, 4) is 11.5 Å². The van der Waals surface area contributed by atoms with Gasteiger partial charge in [0.25, 0.3) is 0 Å². The van der Waals surface area contributed by atoms with Crippen molar-refractivity contribution >= 4 is 12.2 Å². The van der Waals surface area contributed by atoms with Gasteiger partial charge in [-0.2, -0.15) is 5.10 Å². The van der Waals surface area contributed by atoms with Gasteiger partial charge in [-0.3, -0.25) is 0 Å². The highest BCUT2D eigenvalue weighted by atomic mass is 16.3. The number of hydrogen-bond acceptors (Lipinski definition) is 4. The number of nitrogens with zero attached hydrogens (tertiary/aromatic N) is 2. The molecule has 0 unspecified atom stereocenters. The van der Waals surface area contributed by atoms with Crippen LogP contribution < -0.4 is 5.43 Å². The summed E-state index contributed by atoms with van der Waals surface area (Å²) in [5.74, 6) is -0.531. The maximum atomic E-state index is 12.7. The Bertz CT molecular complexity index is 902. The van der Waals surface area contributed by atoms with E-state index in [0.717, 1.165) is 11.1 Å². The molecule has 0 saturated carbocycles. The molecular weight excluding hydrogens is 354 g/mol. The summed E-state index contributed by atoms with van der Waals surface area (Å²) in [6.45, 7) is 0.850. The SMILES string of the molecule is O=C(N/N=C/c1cccc(O)c1O)N(Cc1ccccc1)Cc1ccccc1. The molecule has 0 spiro atoms. The molecule has 3 N–H and O–H groups in total. The average Bonchev–Trinajstić information content (AvgIpc) is 2.72. The van der Waals surface area contributed by atoms with E-state index in [0.29, 0.717) is 18.7 Å². The van der Waals surface area contributed by atoms with Gasteiger partial charge in [0, 0.05) is 18.7 Å². The molecule has 0 aliphatic rings. The van der Waals surface area contributed by atoms with E-state index in [2.05, 4.69) is 10.5 Å². The van der Waals surface area contributed by atoms with Crippen molar-refractivity contribution in [3.63, 3.8) is 0 Å². The van der Waals surface area contributed by atoms with Crippen molar-refractivity contribution in [2.75, 3.05) is 0 Å². The quantitative estimate of drug-likeness (QED) is 0.348. The van der Waals surface area contributed by atoms with E-state index in [4.69, 9.17) is 0 Å². The second-order valence-electron chi connectivity index (χ2n) is 6.22. The highest BCUT2D eigenvalue weighted by molar-refractivity contribution is 5.85. The molecule has 0 heterocycles. The molecule has 3 aromatic rings. The van der Waals surface area contributed by atoms with Crippen LogP contribution in [0.4, 0.5) is 4.79 Å². The summed E-state index contributed by atoms with van der Waals surface area (Å²) in [5.41, 5.74) is 4.79. The van der Waals surface area contributed by atoms with Gasteiger partial charge in [-0.1, -0.05) is 66.7 Å². The van der Waals surface area contributed by atoms with Gasteiger partial charge in [0.2, 0.25) is 0 Å². The van der Waals surface area contributed by atoms with Crippen molar-refractivity contribution < 1.29 is 15.0 Å². The Hall–Kier alpha value is -3.80. The molecule has 0 saturated heterocycles. The van der Waals surface area contributed by atoms with E-state index in [1.807, 2.05) is 60.7 Å². The van der Waals surface area contributed by atoms with Crippen molar-refractivity contribution in [2.24, 2.45) is 5.10 Å². The fourth-order valence-electron chi connectivity index (χ4n) is 2.69. The zero-order valence-corrected chi connectivity index (χ0v) is 15.2. The van der Waals surface area contributed by atoms with E-state index in [1.54, 1.807) is 17.0 Å². The van der Waals surface area contributed by atoms with Gasteiger partial charge in [0.05, 0.1) is 6.21 Å². The second-order valence-corrected chi connectivity index (χ2v) is 6.22. The molecule has 6 heteroatoms. The summed E-state index contributed by atoms with van der Waals surface area (Å²) >= 11 is 0. The molecule has 0 aliphatic carbocycles. The Morgan fingerprint density at radius 3 is 2.00 bits per heavy atom. The number of rotatable bonds is 6. The van der Waals surface area contributed by atoms with Gasteiger partial charge >= 0.3 is 6.03 Å². The van der Waals surface area contributed by atoms with E-state index < -0.39 is 0 Å². The van der Waals surface area contributed by atoms with Crippen molar-refractivity contribution in [2.45, 2.75) is 13.1 Å². The number of hydrogen-bond donors (Lipinski definition) is 3. The zero-order chi connectivity index (χ0) is 19.8. The number of phenols is 2. The summed E-state index contributed by atoms with van der Waals surface area (Å²) < 4.78 is 0. The average molecular weight is 375 g/mol. The fraction of sp³-hybridized carbons (Fsp3) is 0.0909. The number of benzene rings is 3. The number of para-hydroxylation sites is 1. The fourth-order valence-corrected chi connectivity index (χ4v) is 2.69. The third-order valence-electron chi connectivity index (χ3n) is 4.13. The van der Waals surface area contributed by atoms with Gasteiger partial charge in [-0.25, -0.2) is 10.2 Å². The van der Waals surface area contributed by atoms with Crippen LogP contribution in [0.1, 0.15) is 16.7 Å². The summed E-state index contributed by atoms with van der Waals surface area (Å²) in [6.07, 6.45) is 1.29. The molecule has 0 fully saturated rings. The third-order valence-corrected chi connectivity index (χ3v) is 4.13. The maximum absolute atomic E-state index is 12.7. The molecule has 3 aromatic carbocycles. The number of phenolic OH excluding ortho intramolecular Hbond substituents is 2. The molecule has 3 rings (SSSR count). The topological polar surface area (TPSA) is 85.2 Å². The molecule has 0 atom stereocenters. The van der Waals surface area contributed by atoms with E-state index in [-0.39, 0.29) is 17.5 Å². The smallest absolute Gasteiger partial charge is 0.338 e. The van der Waals surface area contributed by atoms with Crippen molar-refractivity contribution in [3.05, 3.63) is 95.6 Å². The van der Waals surface area contributed by atoms with Gasteiger partial charge in [0.15, 0.2) is 11.5 Å². The first-order valence-electron chi connectivity index (χ1n) is 8.80. The van der Waals surface area contributed by atoms with Crippen LogP contribution >= 0.6 is 0 Å². The number of urea groups is 1. The van der Waals surface area contributed by atoms with E-state index in [9.17, 15) is 15.0 Å². The molecule has 0 aliphatic heterocycles. The maximum Gasteiger partial charge on any atom is 0.338 e. The Morgan fingerprint density at radius 2 is 1.43 bits per heavy atom. The molecule has 6 nitrogen and oxygen atoms in total. The van der Waals surface area contributed by atoms with Crippen LogP contribution in [0.25, 0.3) is 0 Å². The third kappa shape index (κ3) is 5.11. The Labute approximate surface area is 163 Å². The lowest BCUT2D eigenvalue weighted by Gasteiger charge is -2.22. The summed E-state index contributed by atoms with van der Waals surface area (Å²) in [4.78, 5) is 14.3. The van der Waals surface area contributed by atoms with Crippen LogP contribution in [0, 0.1) is 0 Å². The lowest BCUT2D eigenvalue weighted by Crippen LogP contribution is -2.36. The molecule has 0 bridgehead atoms. The van der Waals surface area contributed by atoms with Crippen molar-refractivity contribution in [1.82, 2.24) is 10.3 Å². The van der Waals surface area contributed by atoms with Crippen LogP contribution in [0.3, 0.4) is 0 Å². The van der Waals surface area contributed by atoms with Gasteiger partial charge < -0.3 is 15.1 Å². The van der Waals surface area contributed by atoms with Crippen LogP contribution in [-0.2, 0) is 13.1 Å². The van der Waals surface area contributed by atoms with Gasteiger partial charge in [-0.05, 0) is 23.3 Å². The number of nitrogens with one attached hydrogen (secondary N) is 1. The zero-order valence-electron chi connectivity index (χ0n) is 15.2. The number of hydrazone groups is 1. The Balaban J connectivity index is 1.72. The molecule has 0 radical (unpaired) electrons. The molecule has 28 heavy (non-hydrogen) atoms. The molecule has 0 aromatic heterocycles. The van der Waals surface area contributed by atoms with Crippen LogP contribution in [0.5, 0.6) is 11.5 Å². The minimum Gasteiger partial charge on any atom is -0.504 e. The predicted octanol–water partition coefficient (Wildman–Crippen LogP) is 3.84. The molecule has 142 valence electrons. The largest absolute Gasteiger partial charge is 0.504 e. The predicted molar refractivity (Wildman–Crippen MR) is 108 cm³/mol. The standard InChI is InChI=1S/C22H21N3O3/c26-20-13-7-12-19(21(20)27)14-23-24-22(28)25(15-17-8-3-1-4-9-17)16-18-10-5-2-6-11-18/h1-14,26-27H,15-16H2,(H,24,28)/b23-14+. The first-order chi connectivity index (χ1) is 13.6.